The largest absolute Gasteiger partial charge is 0.294 e. The number of aryl methyl sites for hydroxylation is 2. The van der Waals surface area contributed by atoms with Crippen LogP contribution in [0.25, 0.3) is 4.96 Å². The van der Waals surface area contributed by atoms with Crippen molar-refractivity contribution in [1.29, 1.82) is 0 Å². The van der Waals surface area contributed by atoms with Gasteiger partial charge in [0, 0.05) is 17.3 Å². The van der Waals surface area contributed by atoms with Crippen molar-refractivity contribution in [2.45, 2.75) is 25.7 Å². The van der Waals surface area contributed by atoms with Crippen LogP contribution in [0.5, 0.6) is 0 Å². The van der Waals surface area contributed by atoms with Gasteiger partial charge in [-0.25, -0.2) is 4.98 Å². The van der Waals surface area contributed by atoms with Gasteiger partial charge >= 0.3 is 0 Å². The first-order valence-corrected chi connectivity index (χ1v) is 5.26. The van der Waals surface area contributed by atoms with Crippen LogP contribution in [0.3, 0.4) is 0 Å². The minimum atomic E-state index is 1.17. The Labute approximate surface area is 74.9 Å². The van der Waals surface area contributed by atoms with Crippen molar-refractivity contribution >= 4 is 16.3 Å². The first-order valence-electron chi connectivity index (χ1n) is 4.38. The van der Waals surface area contributed by atoms with Crippen LogP contribution in [-0.4, -0.2) is 9.38 Å². The highest BCUT2D eigenvalue weighted by Crippen LogP contribution is 2.24. The van der Waals surface area contributed by atoms with Crippen molar-refractivity contribution in [2.24, 2.45) is 0 Å². The molecule has 3 rings (SSSR count). The van der Waals surface area contributed by atoms with Crippen LogP contribution in [0.4, 0.5) is 0 Å². The minimum Gasteiger partial charge on any atom is -0.294 e. The lowest BCUT2D eigenvalue weighted by atomic mass is 10.0. The maximum Gasteiger partial charge on any atom is 0.194 e. The van der Waals surface area contributed by atoms with Gasteiger partial charge in [-0.2, -0.15) is 0 Å². The fraction of sp³-hybridized carbons (Fsp3) is 0.444. The Kier molecular flexibility index (Phi) is 1.29. The first-order chi connectivity index (χ1) is 5.95. The normalized spacial score (nSPS) is 16.7. The van der Waals surface area contributed by atoms with Crippen molar-refractivity contribution in [2.75, 3.05) is 0 Å². The third kappa shape index (κ3) is 0.771. The number of nitrogens with zero attached hydrogens (tertiary/aromatic N) is 2. The summed E-state index contributed by atoms with van der Waals surface area (Å²) in [7, 11) is 0. The average Bonchev–Trinajstić information content (AvgIpc) is 2.62. The van der Waals surface area contributed by atoms with Crippen molar-refractivity contribution in [3.63, 3.8) is 0 Å². The summed E-state index contributed by atoms with van der Waals surface area (Å²) in [6, 6.07) is 0. The SMILES string of the molecule is c1cn2c3c(nc2s1)CCCC3. The Bertz CT molecular complexity index is 413. The molecule has 0 amide bonds. The van der Waals surface area contributed by atoms with E-state index in [9.17, 15) is 0 Å². The molecule has 0 saturated carbocycles. The van der Waals surface area contributed by atoms with E-state index in [0.717, 1.165) is 0 Å². The second-order valence-electron chi connectivity index (χ2n) is 3.27. The van der Waals surface area contributed by atoms with Crippen molar-refractivity contribution in [3.8, 4) is 0 Å². The standard InChI is InChI=1S/C9H10N2S/c1-2-4-8-7(3-1)10-9-11(8)5-6-12-9/h5-6H,1-4H2. The van der Waals surface area contributed by atoms with Crippen LogP contribution in [0, 0.1) is 0 Å². The molecule has 1 aliphatic carbocycles. The monoisotopic (exact) mass is 178 g/mol. The van der Waals surface area contributed by atoms with E-state index in [4.69, 9.17) is 0 Å². The number of thiazole rings is 1. The van der Waals surface area contributed by atoms with E-state index >= 15 is 0 Å². The number of imidazole rings is 1. The zero-order valence-corrected chi connectivity index (χ0v) is 7.60. The smallest absolute Gasteiger partial charge is 0.194 e. The van der Waals surface area contributed by atoms with Crippen LogP contribution in [0.15, 0.2) is 11.6 Å². The Morgan fingerprint density at radius 3 is 3.25 bits per heavy atom. The van der Waals surface area contributed by atoms with Crippen LogP contribution in [0.2, 0.25) is 0 Å². The van der Waals surface area contributed by atoms with Gasteiger partial charge in [-0.3, -0.25) is 4.40 Å². The average molecular weight is 178 g/mol. The molecule has 0 atom stereocenters. The second-order valence-corrected chi connectivity index (χ2v) is 4.14. The summed E-state index contributed by atoms with van der Waals surface area (Å²) >= 11 is 1.73. The van der Waals surface area contributed by atoms with Gasteiger partial charge in [0.05, 0.1) is 5.69 Å². The van der Waals surface area contributed by atoms with Gasteiger partial charge < -0.3 is 0 Å². The molecule has 0 unspecified atom stereocenters. The van der Waals surface area contributed by atoms with Gasteiger partial charge in [-0.15, -0.1) is 11.3 Å². The molecule has 2 heterocycles. The van der Waals surface area contributed by atoms with Gasteiger partial charge in [0.15, 0.2) is 4.96 Å². The summed E-state index contributed by atoms with van der Waals surface area (Å²) in [5, 5.41) is 2.11. The molecule has 2 nitrogen and oxygen atoms in total. The van der Waals surface area contributed by atoms with Gasteiger partial charge in [-0.05, 0) is 25.7 Å². The van der Waals surface area contributed by atoms with Crippen LogP contribution in [-0.2, 0) is 12.8 Å². The highest BCUT2D eigenvalue weighted by Gasteiger charge is 2.15. The molecule has 0 aromatic carbocycles. The molecule has 3 heteroatoms. The topological polar surface area (TPSA) is 17.3 Å². The molecular weight excluding hydrogens is 168 g/mol. The van der Waals surface area contributed by atoms with E-state index in [1.807, 2.05) is 0 Å². The predicted octanol–water partition coefficient (Wildman–Crippen LogP) is 2.27. The predicted molar refractivity (Wildman–Crippen MR) is 49.7 cm³/mol. The molecule has 0 saturated heterocycles. The van der Waals surface area contributed by atoms with Gasteiger partial charge in [-0.1, -0.05) is 0 Å². The molecule has 0 radical (unpaired) electrons. The van der Waals surface area contributed by atoms with E-state index in [0.29, 0.717) is 0 Å². The lowest BCUT2D eigenvalue weighted by Crippen LogP contribution is -2.02. The zero-order valence-electron chi connectivity index (χ0n) is 6.79. The van der Waals surface area contributed by atoms with Crippen molar-refractivity contribution < 1.29 is 0 Å². The van der Waals surface area contributed by atoms with Crippen molar-refractivity contribution in [1.82, 2.24) is 9.38 Å². The minimum absolute atomic E-state index is 1.17. The highest BCUT2D eigenvalue weighted by molar-refractivity contribution is 7.15. The van der Waals surface area contributed by atoms with Crippen molar-refractivity contribution in [3.05, 3.63) is 23.0 Å². The molecule has 0 fully saturated rings. The third-order valence-corrected chi connectivity index (χ3v) is 3.28. The Morgan fingerprint density at radius 2 is 2.25 bits per heavy atom. The maximum absolute atomic E-state index is 4.59. The lowest BCUT2D eigenvalue weighted by molar-refractivity contribution is 0.660. The number of rotatable bonds is 0. The quantitative estimate of drug-likeness (QED) is 0.605. The van der Waals surface area contributed by atoms with Gasteiger partial charge in [0.25, 0.3) is 0 Å². The van der Waals surface area contributed by atoms with Crippen LogP contribution >= 0.6 is 11.3 Å². The summed E-state index contributed by atoms with van der Waals surface area (Å²) in [5.41, 5.74) is 2.80. The van der Waals surface area contributed by atoms with Gasteiger partial charge in [0.2, 0.25) is 0 Å². The molecular formula is C9H10N2S. The van der Waals surface area contributed by atoms with E-state index in [1.54, 1.807) is 11.3 Å². The number of hydrogen-bond acceptors (Lipinski definition) is 2. The van der Waals surface area contributed by atoms with E-state index < -0.39 is 0 Å². The molecule has 0 spiro atoms. The Hall–Kier alpha value is -0.830. The summed E-state index contributed by atoms with van der Waals surface area (Å²) in [4.78, 5) is 5.76. The molecule has 0 aliphatic heterocycles. The van der Waals surface area contributed by atoms with E-state index in [2.05, 4.69) is 21.0 Å². The zero-order chi connectivity index (χ0) is 7.97. The first kappa shape index (κ1) is 6.66. The number of fused-ring (bicyclic) bond motifs is 3. The summed E-state index contributed by atoms with van der Waals surface area (Å²) in [5.74, 6) is 0. The molecule has 1 aliphatic rings. The molecule has 2 aromatic heterocycles. The van der Waals surface area contributed by atoms with Gasteiger partial charge in [0.1, 0.15) is 0 Å². The fourth-order valence-corrected chi connectivity index (χ4v) is 2.68. The highest BCUT2D eigenvalue weighted by atomic mass is 32.1. The lowest BCUT2D eigenvalue weighted by Gasteiger charge is -2.08. The number of hydrogen-bond donors (Lipinski definition) is 0. The van der Waals surface area contributed by atoms with E-state index in [1.165, 1.54) is 42.0 Å². The van der Waals surface area contributed by atoms with E-state index in [-0.39, 0.29) is 0 Å². The third-order valence-electron chi connectivity index (χ3n) is 2.52. The Balaban J connectivity index is 2.34. The summed E-state index contributed by atoms with van der Waals surface area (Å²) < 4.78 is 2.25. The van der Waals surface area contributed by atoms with Crippen LogP contribution < -0.4 is 0 Å². The summed E-state index contributed by atoms with van der Waals surface area (Å²) in [6.45, 7) is 0. The maximum atomic E-state index is 4.59. The molecule has 62 valence electrons. The Morgan fingerprint density at radius 1 is 1.33 bits per heavy atom. The molecule has 2 aromatic rings. The second kappa shape index (κ2) is 2.33. The number of aromatic nitrogens is 2. The fourth-order valence-electron chi connectivity index (χ4n) is 1.93. The molecule has 0 bridgehead atoms. The van der Waals surface area contributed by atoms with Crippen LogP contribution in [0.1, 0.15) is 24.2 Å². The summed E-state index contributed by atoms with van der Waals surface area (Å²) in [6.07, 6.45) is 7.18. The molecule has 12 heavy (non-hydrogen) atoms. The molecule has 0 N–H and O–H groups in total.